The normalized spacial score (nSPS) is 28.1. The lowest BCUT2D eigenvalue weighted by Crippen LogP contribution is -2.62. The quantitative estimate of drug-likeness (QED) is 0.283. The predicted octanol–water partition coefficient (Wildman–Crippen LogP) is 5.36. The van der Waals surface area contributed by atoms with Crippen molar-refractivity contribution in [2.45, 2.75) is 116 Å². The average molecular weight is 622 g/mol. The molecule has 8 nitrogen and oxygen atoms in total. The highest BCUT2D eigenvalue weighted by atomic mass is 16.5. The topological polar surface area (TPSA) is 90.4 Å². The van der Waals surface area contributed by atoms with Gasteiger partial charge in [0, 0.05) is 25.2 Å². The molecule has 1 N–H and O–H groups in total. The Balaban J connectivity index is 1.84. The summed E-state index contributed by atoms with van der Waals surface area (Å²) >= 11 is 0. The summed E-state index contributed by atoms with van der Waals surface area (Å²) in [5.74, 6) is -2.21. The molecule has 2 unspecified atom stereocenters. The van der Waals surface area contributed by atoms with Crippen LogP contribution in [0, 0.1) is 17.3 Å². The zero-order valence-electron chi connectivity index (χ0n) is 28.6. The predicted molar refractivity (Wildman–Crippen MR) is 177 cm³/mol. The molecule has 3 fully saturated rings. The van der Waals surface area contributed by atoms with Crippen molar-refractivity contribution in [1.82, 2.24) is 14.7 Å². The van der Waals surface area contributed by atoms with Crippen LogP contribution in [0.1, 0.15) is 86.1 Å². The van der Waals surface area contributed by atoms with E-state index in [9.17, 15) is 14.7 Å². The third-order valence-corrected chi connectivity index (χ3v) is 10.3. The summed E-state index contributed by atoms with van der Waals surface area (Å²) in [5, 5.41) is 10.5. The zero-order chi connectivity index (χ0) is 33.4. The smallest absolute Gasteiger partial charge is 0.249 e. The molecular weight excluding hydrogens is 566 g/mol. The third kappa shape index (κ3) is 6.12. The monoisotopic (exact) mass is 621 g/mol. The number of carbonyl (C=O) groups excluding carboxylic acids is 3. The summed E-state index contributed by atoms with van der Waals surface area (Å²) in [6, 6.07) is 8.26. The minimum Gasteiger partial charge on any atom is -0.394 e. The minimum absolute atomic E-state index is 0.0638. The summed E-state index contributed by atoms with van der Waals surface area (Å²) < 4.78 is 7.06. The number of benzene rings is 1. The fourth-order valence-corrected chi connectivity index (χ4v) is 8.81. The van der Waals surface area contributed by atoms with E-state index in [-0.39, 0.29) is 29.7 Å². The van der Waals surface area contributed by atoms with Gasteiger partial charge in [-0.1, -0.05) is 77.1 Å². The van der Waals surface area contributed by atoms with E-state index >= 15 is 4.79 Å². The number of ether oxygens (including phenoxy) is 1. The number of aliphatic hydroxyl groups excluding tert-OH is 1. The van der Waals surface area contributed by atoms with E-state index in [1.807, 2.05) is 49.1 Å². The lowest BCUT2D eigenvalue weighted by molar-refractivity contribution is -0.161. The Kier molecular flexibility index (Phi) is 10.1. The van der Waals surface area contributed by atoms with Crippen molar-refractivity contribution >= 4 is 17.7 Å². The molecule has 6 atom stereocenters. The standard InChI is InChI=1S/C37H55N3O5/c1-10-21-38(23-26-17-15-14-16-18-26)31(42)28-29-32(43)40(27(12-3)24-41)30(37(29)20-19-36(28,13-4)45-37)33(44)39(22-11-2)35(8,9)25-34(5,6)7/h10-11,14-18,27-30,41H,1-2,12-13,19-25H2,3-9H3/t27-,28-,29-,30?,36+,37?/m0/s1. The van der Waals surface area contributed by atoms with Gasteiger partial charge < -0.3 is 24.5 Å². The summed E-state index contributed by atoms with van der Waals surface area (Å²) in [4.78, 5) is 49.7. The van der Waals surface area contributed by atoms with Gasteiger partial charge in [0.05, 0.1) is 30.1 Å². The molecule has 1 aromatic rings. The highest BCUT2D eigenvalue weighted by molar-refractivity contribution is 5.99. The molecule has 4 rings (SSSR count). The number of carbonyl (C=O) groups is 3. The first-order valence-corrected chi connectivity index (χ1v) is 16.7. The van der Waals surface area contributed by atoms with Crippen molar-refractivity contribution in [3.63, 3.8) is 0 Å². The van der Waals surface area contributed by atoms with E-state index < -0.39 is 40.7 Å². The molecule has 3 aliphatic heterocycles. The average Bonchev–Trinajstić information content (AvgIpc) is 3.59. The van der Waals surface area contributed by atoms with Crippen LogP contribution >= 0.6 is 0 Å². The third-order valence-electron chi connectivity index (χ3n) is 10.3. The van der Waals surface area contributed by atoms with Crippen molar-refractivity contribution < 1.29 is 24.2 Å². The highest BCUT2D eigenvalue weighted by Gasteiger charge is 2.79. The second-order valence-corrected chi connectivity index (χ2v) is 15.1. The number of hydrogen-bond acceptors (Lipinski definition) is 5. The number of amides is 3. The van der Waals surface area contributed by atoms with Crippen LogP contribution in [0.25, 0.3) is 0 Å². The lowest BCUT2D eigenvalue weighted by atomic mass is 9.64. The molecule has 1 aromatic carbocycles. The van der Waals surface area contributed by atoms with Crippen LogP contribution in [0.4, 0.5) is 0 Å². The first-order valence-electron chi connectivity index (χ1n) is 16.7. The SMILES string of the molecule is C=CCN(Cc1ccccc1)C(=O)[C@@H]1[C@H]2C(=O)N([C@@H](CC)CO)C(C(=O)N(CC=C)C(C)(C)CC(C)(C)C)C23CC[C@@]1(CC)O3. The fourth-order valence-electron chi connectivity index (χ4n) is 8.81. The van der Waals surface area contributed by atoms with Crippen molar-refractivity contribution in [1.29, 1.82) is 0 Å². The summed E-state index contributed by atoms with van der Waals surface area (Å²) in [7, 11) is 0. The summed E-state index contributed by atoms with van der Waals surface area (Å²) in [5.41, 5.74) is -1.67. The molecule has 2 bridgehead atoms. The molecule has 3 heterocycles. The second kappa shape index (κ2) is 13.0. The van der Waals surface area contributed by atoms with E-state index in [1.165, 1.54) is 0 Å². The maximum Gasteiger partial charge on any atom is 0.249 e. The Morgan fingerprint density at radius 2 is 1.71 bits per heavy atom. The molecule has 8 heteroatoms. The van der Waals surface area contributed by atoms with Crippen LogP contribution in [0.15, 0.2) is 55.6 Å². The number of aliphatic hydroxyl groups is 1. The van der Waals surface area contributed by atoms with Gasteiger partial charge in [0.1, 0.15) is 11.6 Å². The molecule has 0 aromatic heterocycles. The van der Waals surface area contributed by atoms with E-state index in [0.717, 1.165) is 12.0 Å². The van der Waals surface area contributed by atoms with Gasteiger partial charge in [-0.25, -0.2) is 0 Å². The van der Waals surface area contributed by atoms with E-state index in [4.69, 9.17) is 4.74 Å². The molecule has 3 amide bonds. The fraction of sp³-hybridized carbons (Fsp3) is 0.649. The molecule has 3 saturated heterocycles. The van der Waals surface area contributed by atoms with Gasteiger partial charge in [-0.15, -0.1) is 13.2 Å². The molecule has 3 aliphatic rings. The molecule has 0 aliphatic carbocycles. The van der Waals surface area contributed by atoms with Crippen molar-refractivity contribution in [2.75, 3.05) is 19.7 Å². The Morgan fingerprint density at radius 1 is 1.07 bits per heavy atom. The van der Waals surface area contributed by atoms with Crippen molar-refractivity contribution in [2.24, 2.45) is 17.3 Å². The Bertz CT molecular complexity index is 1270. The van der Waals surface area contributed by atoms with E-state index in [2.05, 4.69) is 47.8 Å². The van der Waals surface area contributed by atoms with Crippen LogP contribution in [-0.2, 0) is 25.7 Å². The van der Waals surface area contributed by atoms with Gasteiger partial charge in [-0.2, -0.15) is 0 Å². The summed E-state index contributed by atoms with van der Waals surface area (Å²) in [6.07, 6.45) is 6.26. The van der Waals surface area contributed by atoms with Crippen LogP contribution < -0.4 is 0 Å². The second-order valence-electron chi connectivity index (χ2n) is 15.1. The van der Waals surface area contributed by atoms with Crippen molar-refractivity contribution in [3.05, 3.63) is 61.2 Å². The van der Waals surface area contributed by atoms with Crippen LogP contribution in [0.5, 0.6) is 0 Å². The largest absolute Gasteiger partial charge is 0.394 e. The van der Waals surface area contributed by atoms with Crippen LogP contribution in [0.2, 0.25) is 0 Å². The van der Waals surface area contributed by atoms with Gasteiger partial charge in [-0.3, -0.25) is 14.4 Å². The lowest BCUT2D eigenvalue weighted by Gasteiger charge is -2.46. The molecule has 248 valence electrons. The Hall–Kier alpha value is -2.97. The maximum absolute atomic E-state index is 15.0. The minimum atomic E-state index is -1.17. The van der Waals surface area contributed by atoms with Gasteiger partial charge >= 0.3 is 0 Å². The zero-order valence-corrected chi connectivity index (χ0v) is 28.6. The summed E-state index contributed by atoms with van der Waals surface area (Å²) in [6.45, 7) is 23.1. The first-order chi connectivity index (χ1) is 21.2. The Morgan fingerprint density at radius 3 is 2.24 bits per heavy atom. The van der Waals surface area contributed by atoms with Gasteiger partial charge in [-0.05, 0) is 56.9 Å². The van der Waals surface area contributed by atoms with E-state index in [1.54, 1.807) is 22.0 Å². The number of likely N-dealkylation sites (tertiary alicyclic amines) is 1. The van der Waals surface area contributed by atoms with Crippen LogP contribution in [-0.4, -0.2) is 86.0 Å². The molecule has 45 heavy (non-hydrogen) atoms. The van der Waals surface area contributed by atoms with Crippen LogP contribution in [0.3, 0.4) is 0 Å². The number of rotatable bonds is 14. The van der Waals surface area contributed by atoms with Crippen molar-refractivity contribution in [3.8, 4) is 0 Å². The highest BCUT2D eigenvalue weighted by Crippen LogP contribution is 2.65. The Labute approximate surface area is 270 Å². The number of fused-ring (bicyclic) bond motifs is 1. The maximum atomic E-state index is 15.0. The first kappa shape index (κ1) is 34.9. The number of hydrogen-bond donors (Lipinski definition) is 1. The molecule has 0 saturated carbocycles. The molecule has 1 spiro atoms. The van der Waals surface area contributed by atoms with Gasteiger partial charge in [0.25, 0.3) is 0 Å². The van der Waals surface area contributed by atoms with Gasteiger partial charge in [0.2, 0.25) is 17.7 Å². The number of nitrogens with zero attached hydrogens (tertiary/aromatic N) is 3. The molecular formula is C37H55N3O5. The van der Waals surface area contributed by atoms with E-state index in [0.29, 0.717) is 45.3 Å². The van der Waals surface area contributed by atoms with Gasteiger partial charge in [0.15, 0.2) is 0 Å². The molecule has 0 radical (unpaired) electrons.